The third-order valence-corrected chi connectivity index (χ3v) is 5.38. The first kappa shape index (κ1) is 17.2. The van der Waals surface area contributed by atoms with Crippen molar-refractivity contribution in [1.29, 1.82) is 0 Å². The van der Waals surface area contributed by atoms with E-state index in [0.29, 0.717) is 21.5 Å². The number of aromatic nitrogens is 1. The van der Waals surface area contributed by atoms with Crippen LogP contribution in [0.4, 0.5) is 5.13 Å². The van der Waals surface area contributed by atoms with E-state index in [1.54, 1.807) is 13.2 Å². The number of hydrogen-bond acceptors (Lipinski definition) is 4. The minimum atomic E-state index is -0.266. The van der Waals surface area contributed by atoms with Gasteiger partial charge in [-0.2, -0.15) is 0 Å². The van der Waals surface area contributed by atoms with E-state index in [4.69, 9.17) is 16.3 Å². The number of aryl methyl sites for hydroxylation is 2. The number of benzene rings is 2. The molecule has 0 aliphatic rings. The molecule has 0 atom stereocenters. The molecule has 1 heterocycles. The van der Waals surface area contributed by atoms with E-state index in [9.17, 15) is 4.79 Å². The molecule has 3 rings (SSSR count). The molecule has 7 heteroatoms. The van der Waals surface area contributed by atoms with Crippen molar-refractivity contribution in [2.45, 2.75) is 13.8 Å². The van der Waals surface area contributed by atoms with Gasteiger partial charge < -0.3 is 4.74 Å². The van der Waals surface area contributed by atoms with Gasteiger partial charge in [0.15, 0.2) is 5.13 Å². The zero-order valence-corrected chi connectivity index (χ0v) is 16.4. The van der Waals surface area contributed by atoms with E-state index < -0.39 is 0 Å². The fourth-order valence-electron chi connectivity index (χ4n) is 2.44. The van der Waals surface area contributed by atoms with Crippen LogP contribution in [0.15, 0.2) is 28.7 Å². The van der Waals surface area contributed by atoms with Crippen LogP contribution < -0.4 is 10.1 Å². The molecule has 0 spiro atoms. The number of carbonyl (C=O) groups excluding carboxylic acids is 1. The number of anilines is 1. The lowest BCUT2D eigenvalue weighted by atomic mass is 10.1. The van der Waals surface area contributed by atoms with Crippen LogP contribution >= 0.6 is 38.9 Å². The summed E-state index contributed by atoms with van der Waals surface area (Å²) in [7, 11) is 1.55. The van der Waals surface area contributed by atoms with Gasteiger partial charge in [0.25, 0.3) is 5.91 Å². The highest BCUT2D eigenvalue weighted by Crippen LogP contribution is 2.32. The smallest absolute Gasteiger partial charge is 0.261 e. The number of rotatable bonds is 3. The lowest BCUT2D eigenvalue weighted by molar-refractivity contribution is 0.102. The van der Waals surface area contributed by atoms with Gasteiger partial charge >= 0.3 is 0 Å². The second-order valence-corrected chi connectivity index (χ2v) is 7.70. The number of ether oxygens (including phenoxy) is 1. The van der Waals surface area contributed by atoms with E-state index in [-0.39, 0.29) is 5.91 Å². The van der Waals surface area contributed by atoms with Crippen LogP contribution in [-0.4, -0.2) is 18.0 Å². The highest BCUT2D eigenvalue weighted by Gasteiger charge is 2.17. The van der Waals surface area contributed by atoms with Gasteiger partial charge in [0, 0.05) is 9.50 Å². The number of hydrogen-bond donors (Lipinski definition) is 1. The monoisotopic (exact) mass is 424 g/mol. The molecule has 0 aliphatic heterocycles. The molecule has 0 unspecified atom stereocenters. The van der Waals surface area contributed by atoms with Crippen LogP contribution in [0.2, 0.25) is 5.02 Å². The third-order valence-electron chi connectivity index (χ3n) is 3.58. The normalized spacial score (nSPS) is 10.9. The van der Waals surface area contributed by atoms with E-state index in [0.717, 1.165) is 25.8 Å². The van der Waals surface area contributed by atoms with E-state index in [1.807, 2.05) is 32.0 Å². The number of methoxy groups -OCH3 is 1. The summed E-state index contributed by atoms with van der Waals surface area (Å²) in [6.07, 6.45) is 0. The molecule has 0 aliphatic carbocycles. The molecule has 0 fully saturated rings. The lowest BCUT2D eigenvalue weighted by Gasteiger charge is -2.11. The van der Waals surface area contributed by atoms with Crippen molar-refractivity contribution >= 4 is 60.1 Å². The molecular formula is C17H14BrClN2O2S. The molecule has 124 valence electrons. The van der Waals surface area contributed by atoms with Crippen LogP contribution in [0.25, 0.3) is 10.2 Å². The summed E-state index contributed by atoms with van der Waals surface area (Å²) in [4.78, 5) is 17.1. The summed E-state index contributed by atoms with van der Waals surface area (Å²) in [5.41, 5.74) is 3.08. The van der Waals surface area contributed by atoms with Gasteiger partial charge in [-0.25, -0.2) is 4.98 Å². The zero-order valence-electron chi connectivity index (χ0n) is 13.2. The Bertz CT molecular complexity index is 916. The fraction of sp³-hybridized carbons (Fsp3) is 0.176. The molecule has 3 aromatic rings. The van der Waals surface area contributed by atoms with Gasteiger partial charge in [-0.3, -0.25) is 10.1 Å². The van der Waals surface area contributed by atoms with Crippen molar-refractivity contribution in [3.05, 3.63) is 50.5 Å². The number of halogens is 2. The average Bonchev–Trinajstić information content (AvgIpc) is 2.88. The molecule has 1 amide bonds. The molecule has 0 saturated carbocycles. The topological polar surface area (TPSA) is 51.2 Å². The maximum Gasteiger partial charge on any atom is 0.261 e. The van der Waals surface area contributed by atoms with Gasteiger partial charge in [0.05, 0.1) is 22.9 Å². The number of thiazole rings is 1. The van der Waals surface area contributed by atoms with Crippen LogP contribution in [0.1, 0.15) is 21.5 Å². The Morgan fingerprint density at radius 2 is 2.00 bits per heavy atom. The van der Waals surface area contributed by atoms with Crippen molar-refractivity contribution in [2.24, 2.45) is 0 Å². The zero-order chi connectivity index (χ0) is 17.4. The van der Waals surface area contributed by atoms with E-state index in [2.05, 4.69) is 26.2 Å². The molecule has 24 heavy (non-hydrogen) atoms. The predicted molar refractivity (Wildman–Crippen MR) is 103 cm³/mol. The molecular weight excluding hydrogens is 412 g/mol. The maximum absolute atomic E-state index is 12.6. The summed E-state index contributed by atoms with van der Waals surface area (Å²) in [6.45, 7) is 3.83. The first-order valence-electron chi connectivity index (χ1n) is 7.11. The van der Waals surface area contributed by atoms with Crippen LogP contribution in [-0.2, 0) is 0 Å². The van der Waals surface area contributed by atoms with Gasteiger partial charge in [-0.1, -0.05) is 38.9 Å². The molecule has 0 bridgehead atoms. The largest absolute Gasteiger partial charge is 0.496 e. The number of amides is 1. The number of fused-ring (bicyclic) bond motifs is 1. The highest BCUT2D eigenvalue weighted by atomic mass is 79.9. The molecule has 1 aromatic heterocycles. The standard InChI is InChI=1S/C17H14BrClN2O2S/c1-8-5-14-13(7-12(8)19)20-17(24-14)21-16(22)11-6-10(18)4-9(2)15(11)23-3/h4-7H,1-3H3,(H,20,21,22). The Labute approximate surface area is 156 Å². The van der Waals surface area contributed by atoms with Crippen molar-refractivity contribution in [2.75, 3.05) is 12.4 Å². The molecule has 1 N–H and O–H groups in total. The van der Waals surface area contributed by atoms with Crippen molar-refractivity contribution in [1.82, 2.24) is 4.98 Å². The first-order chi connectivity index (χ1) is 11.4. The summed E-state index contributed by atoms with van der Waals surface area (Å²) in [5, 5.41) is 4.03. The Kier molecular flexibility index (Phi) is 4.80. The Morgan fingerprint density at radius 1 is 1.25 bits per heavy atom. The van der Waals surface area contributed by atoms with Gasteiger partial charge in [-0.15, -0.1) is 0 Å². The second-order valence-electron chi connectivity index (χ2n) is 5.35. The van der Waals surface area contributed by atoms with Gasteiger partial charge in [-0.05, 0) is 49.2 Å². The molecule has 0 radical (unpaired) electrons. The molecule has 4 nitrogen and oxygen atoms in total. The Balaban J connectivity index is 1.95. The van der Waals surface area contributed by atoms with Crippen molar-refractivity contribution in [3.8, 4) is 5.75 Å². The Hall–Kier alpha value is -1.63. The van der Waals surface area contributed by atoms with Crippen molar-refractivity contribution < 1.29 is 9.53 Å². The number of nitrogens with zero attached hydrogens (tertiary/aromatic N) is 1. The summed E-state index contributed by atoms with van der Waals surface area (Å²) < 4.78 is 7.16. The second kappa shape index (κ2) is 6.70. The van der Waals surface area contributed by atoms with Crippen LogP contribution in [0.5, 0.6) is 5.75 Å². The third kappa shape index (κ3) is 3.27. The predicted octanol–water partition coefficient (Wildman–Crippen LogP) is 5.59. The van der Waals surface area contributed by atoms with Crippen LogP contribution in [0.3, 0.4) is 0 Å². The first-order valence-corrected chi connectivity index (χ1v) is 9.10. The fourth-order valence-corrected chi connectivity index (χ4v) is 4.11. The Morgan fingerprint density at radius 3 is 2.71 bits per heavy atom. The summed E-state index contributed by atoms with van der Waals surface area (Å²) in [5.74, 6) is 0.286. The van der Waals surface area contributed by atoms with E-state index >= 15 is 0 Å². The highest BCUT2D eigenvalue weighted by molar-refractivity contribution is 9.10. The average molecular weight is 426 g/mol. The van der Waals surface area contributed by atoms with Gasteiger partial charge in [0.2, 0.25) is 0 Å². The number of carbonyl (C=O) groups is 1. The quantitative estimate of drug-likeness (QED) is 0.595. The lowest BCUT2D eigenvalue weighted by Crippen LogP contribution is -2.13. The van der Waals surface area contributed by atoms with Crippen molar-refractivity contribution in [3.63, 3.8) is 0 Å². The number of nitrogens with one attached hydrogen (secondary N) is 1. The van der Waals surface area contributed by atoms with Crippen LogP contribution in [0, 0.1) is 13.8 Å². The maximum atomic E-state index is 12.6. The minimum Gasteiger partial charge on any atom is -0.496 e. The van der Waals surface area contributed by atoms with E-state index in [1.165, 1.54) is 11.3 Å². The van der Waals surface area contributed by atoms with Gasteiger partial charge in [0.1, 0.15) is 5.75 Å². The minimum absolute atomic E-state index is 0.266. The SMILES string of the molecule is COc1c(C)cc(Br)cc1C(=O)Nc1nc2cc(Cl)c(C)cc2s1. The molecule has 0 saturated heterocycles. The summed E-state index contributed by atoms with van der Waals surface area (Å²) >= 11 is 11.0. The molecule has 2 aromatic carbocycles. The summed E-state index contributed by atoms with van der Waals surface area (Å²) in [6, 6.07) is 7.41.